The van der Waals surface area contributed by atoms with Gasteiger partial charge in [0.15, 0.2) is 0 Å². The number of halogens is 2. The van der Waals surface area contributed by atoms with Crippen LogP contribution in [-0.4, -0.2) is 17.8 Å². The summed E-state index contributed by atoms with van der Waals surface area (Å²) in [6, 6.07) is 11.0. The third-order valence-corrected chi connectivity index (χ3v) is 6.91. The van der Waals surface area contributed by atoms with Crippen LogP contribution in [0.3, 0.4) is 0 Å². The molecule has 0 aromatic heterocycles. The van der Waals surface area contributed by atoms with Crippen molar-refractivity contribution in [3.8, 4) is 5.75 Å². The molecule has 1 saturated heterocycles. The van der Waals surface area contributed by atoms with Crippen LogP contribution in [0.1, 0.15) is 29.6 Å². The van der Waals surface area contributed by atoms with Crippen molar-refractivity contribution in [3.63, 3.8) is 0 Å². The average Bonchev–Trinajstić information content (AvgIpc) is 3.35. The summed E-state index contributed by atoms with van der Waals surface area (Å²) in [5, 5.41) is 0.603. The van der Waals surface area contributed by atoms with E-state index in [1.165, 1.54) is 17.0 Å². The SMILES string of the molecule is O=C(Oc1cccc(N2C(=O)[C@@H]3[C@H]4CC[C@H](C4)[C@@H]3C2=O)c1)c1ccc(Cl)cc1Cl. The fourth-order valence-corrected chi connectivity index (χ4v) is 5.65. The van der Waals surface area contributed by atoms with Crippen molar-refractivity contribution in [3.05, 3.63) is 58.1 Å². The topological polar surface area (TPSA) is 63.7 Å². The second-order valence-electron chi connectivity index (χ2n) is 7.91. The number of nitrogens with zero attached hydrogens (tertiary/aromatic N) is 1. The van der Waals surface area contributed by atoms with Gasteiger partial charge in [-0.15, -0.1) is 0 Å². The Morgan fingerprint density at radius 2 is 1.66 bits per heavy atom. The molecule has 0 spiro atoms. The molecule has 1 aliphatic heterocycles. The van der Waals surface area contributed by atoms with Gasteiger partial charge in [-0.1, -0.05) is 29.3 Å². The van der Waals surface area contributed by atoms with E-state index >= 15 is 0 Å². The van der Waals surface area contributed by atoms with Gasteiger partial charge >= 0.3 is 5.97 Å². The lowest BCUT2D eigenvalue weighted by Gasteiger charge is -2.19. The van der Waals surface area contributed by atoms with Gasteiger partial charge in [-0.3, -0.25) is 9.59 Å². The summed E-state index contributed by atoms with van der Waals surface area (Å²) < 4.78 is 5.42. The molecule has 0 N–H and O–H groups in total. The van der Waals surface area contributed by atoms with E-state index in [9.17, 15) is 14.4 Å². The molecule has 2 saturated carbocycles. The fourth-order valence-electron chi connectivity index (χ4n) is 5.17. The molecular weight excluding hydrogens is 413 g/mol. The number of anilines is 1. The number of carbonyl (C=O) groups is 3. The maximum Gasteiger partial charge on any atom is 0.345 e. The van der Waals surface area contributed by atoms with Gasteiger partial charge in [0.1, 0.15) is 5.75 Å². The van der Waals surface area contributed by atoms with Gasteiger partial charge in [-0.25, -0.2) is 9.69 Å². The lowest BCUT2D eigenvalue weighted by atomic mass is 9.81. The first-order valence-electron chi connectivity index (χ1n) is 9.59. The standard InChI is InChI=1S/C22H17Cl2NO4/c23-13-6-7-16(17(24)9-13)22(28)29-15-3-1-2-14(10-15)25-20(26)18-11-4-5-12(8-11)19(18)21(25)27/h1-3,6-7,9-12,18-19H,4-5,8H2/t11-,12+,18+,19-. The number of hydrogen-bond donors (Lipinski definition) is 0. The van der Waals surface area contributed by atoms with Crippen molar-refractivity contribution >= 4 is 46.7 Å². The molecule has 3 fully saturated rings. The van der Waals surface area contributed by atoms with Gasteiger partial charge in [0.05, 0.1) is 28.1 Å². The number of imide groups is 1. The summed E-state index contributed by atoms with van der Waals surface area (Å²) in [6.07, 6.45) is 3.04. The Morgan fingerprint density at radius 1 is 0.966 bits per heavy atom. The molecule has 1 heterocycles. The highest BCUT2D eigenvalue weighted by atomic mass is 35.5. The minimum Gasteiger partial charge on any atom is -0.423 e. The zero-order chi connectivity index (χ0) is 20.3. The molecule has 148 valence electrons. The molecule has 5 nitrogen and oxygen atoms in total. The van der Waals surface area contributed by atoms with Crippen LogP contribution in [0.25, 0.3) is 0 Å². The van der Waals surface area contributed by atoms with Crippen LogP contribution >= 0.6 is 23.2 Å². The molecule has 29 heavy (non-hydrogen) atoms. The lowest BCUT2D eigenvalue weighted by Crippen LogP contribution is -2.32. The van der Waals surface area contributed by atoms with Crippen molar-refractivity contribution in [1.82, 2.24) is 0 Å². The van der Waals surface area contributed by atoms with Crippen molar-refractivity contribution in [1.29, 1.82) is 0 Å². The van der Waals surface area contributed by atoms with E-state index in [0.717, 1.165) is 19.3 Å². The van der Waals surface area contributed by atoms with Crippen molar-refractivity contribution in [2.75, 3.05) is 4.90 Å². The number of amides is 2. The zero-order valence-electron chi connectivity index (χ0n) is 15.3. The van der Waals surface area contributed by atoms with Crippen LogP contribution < -0.4 is 9.64 Å². The first kappa shape index (κ1) is 18.6. The molecule has 4 atom stereocenters. The highest BCUT2D eigenvalue weighted by molar-refractivity contribution is 6.36. The van der Waals surface area contributed by atoms with Crippen molar-refractivity contribution in [2.45, 2.75) is 19.3 Å². The minimum absolute atomic E-state index is 0.128. The summed E-state index contributed by atoms with van der Waals surface area (Å²) in [6.45, 7) is 0. The summed E-state index contributed by atoms with van der Waals surface area (Å²) in [4.78, 5) is 39.7. The first-order chi connectivity index (χ1) is 13.9. The Hall–Kier alpha value is -2.37. The smallest absolute Gasteiger partial charge is 0.345 e. The Morgan fingerprint density at radius 3 is 2.31 bits per heavy atom. The van der Waals surface area contributed by atoms with Crippen molar-refractivity contribution in [2.24, 2.45) is 23.7 Å². The molecule has 2 bridgehead atoms. The second-order valence-corrected chi connectivity index (χ2v) is 8.75. The van der Waals surface area contributed by atoms with Gasteiger partial charge in [0, 0.05) is 11.1 Å². The van der Waals surface area contributed by atoms with E-state index in [2.05, 4.69) is 0 Å². The summed E-state index contributed by atoms with van der Waals surface area (Å²) in [5.74, 6) is -0.413. The predicted molar refractivity (Wildman–Crippen MR) is 108 cm³/mol. The van der Waals surface area contributed by atoms with Crippen molar-refractivity contribution < 1.29 is 19.1 Å². The average molecular weight is 430 g/mol. The zero-order valence-corrected chi connectivity index (χ0v) is 16.8. The molecule has 2 amide bonds. The Balaban J connectivity index is 1.40. The maximum atomic E-state index is 13.0. The summed E-state index contributed by atoms with van der Waals surface area (Å²) >= 11 is 11.9. The van der Waals surface area contributed by atoms with E-state index in [1.807, 2.05) is 0 Å². The number of ether oxygens (including phenoxy) is 1. The van der Waals surface area contributed by atoms with Crippen LogP contribution in [0.2, 0.25) is 10.0 Å². The van der Waals surface area contributed by atoms with Gasteiger partial charge in [0.2, 0.25) is 11.8 Å². The van der Waals surface area contributed by atoms with Crippen LogP contribution in [0, 0.1) is 23.7 Å². The molecule has 0 unspecified atom stereocenters. The van der Waals surface area contributed by atoms with Crippen LogP contribution in [0.15, 0.2) is 42.5 Å². The highest BCUT2D eigenvalue weighted by Gasteiger charge is 2.61. The van der Waals surface area contributed by atoms with E-state index in [0.29, 0.717) is 22.5 Å². The number of rotatable bonds is 3. The maximum absolute atomic E-state index is 13.0. The lowest BCUT2D eigenvalue weighted by molar-refractivity contribution is -0.123. The molecule has 2 aromatic carbocycles. The molecule has 3 aliphatic rings. The molecule has 2 aromatic rings. The number of fused-ring (bicyclic) bond motifs is 5. The normalized spacial score (nSPS) is 27.4. The third kappa shape index (κ3) is 2.95. The number of benzene rings is 2. The molecule has 2 aliphatic carbocycles. The van der Waals surface area contributed by atoms with E-state index in [1.54, 1.807) is 30.3 Å². The third-order valence-electron chi connectivity index (χ3n) is 6.36. The predicted octanol–water partition coefficient (Wildman–Crippen LogP) is 4.75. The van der Waals surface area contributed by atoms with E-state index in [-0.39, 0.29) is 40.0 Å². The monoisotopic (exact) mass is 429 g/mol. The molecule has 0 radical (unpaired) electrons. The van der Waals surface area contributed by atoms with Gasteiger partial charge in [0.25, 0.3) is 0 Å². The Kier molecular flexibility index (Phi) is 4.41. The van der Waals surface area contributed by atoms with Gasteiger partial charge in [-0.2, -0.15) is 0 Å². The number of esters is 1. The fraction of sp³-hybridized carbons (Fsp3) is 0.318. The molecule has 7 heteroatoms. The van der Waals surface area contributed by atoms with E-state index < -0.39 is 5.97 Å². The number of hydrogen-bond acceptors (Lipinski definition) is 4. The highest BCUT2D eigenvalue weighted by Crippen LogP contribution is 2.56. The Labute approximate surface area is 177 Å². The number of carbonyl (C=O) groups excluding carboxylic acids is 3. The Bertz CT molecular complexity index is 1020. The summed E-state index contributed by atoms with van der Waals surface area (Å²) in [5.41, 5.74) is 0.613. The largest absolute Gasteiger partial charge is 0.423 e. The van der Waals surface area contributed by atoms with E-state index in [4.69, 9.17) is 27.9 Å². The first-order valence-corrected chi connectivity index (χ1v) is 10.3. The second kappa shape index (κ2) is 6.85. The molecular formula is C22H17Cl2NO4. The van der Waals surface area contributed by atoms with Gasteiger partial charge < -0.3 is 4.74 Å². The van der Waals surface area contributed by atoms with Crippen LogP contribution in [0.4, 0.5) is 5.69 Å². The van der Waals surface area contributed by atoms with Crippen LogP contribution in [-0.2, 0) is 9.59 Å². The molecule has 5 rings (SSSR count). The quantitative estimate of drug-likeness (QED) is 0.401. The van der Waals surface area contributed by atoms with Crippen LogP contribution in [0.5, 0.6) is 5.75 Å². The summed E-state index contributed by atoms with van der Waals surface area (Å²) in [7, 11) is 0. The van der Waals surface area contributed by atoms with Gasteiger partial charge in [-0.05, 0) is 61.4 Å². The minimum atomic E-state index is -0.641.